The summed E-state index contributed by atoms with van der Waals surface area (Å²) in [4.78, 5) is 15.8. The zero-order chi connectivity index (χ0) is 19.9. The number of halogens is 2. The predicted octanol–water partition coefficient (Wildman–Crippen LogP) is 5.17. The van der Waals surface area contributed by atoms with E-state index in [-0.39, 0.29) is 0 Å². The van der Waals surface area contributed by atoms with Gasteiger partial charge in [-0.05, 0) is 61.4 Å². The highest BCUT2D eigenvalue weighted by Gasteiger charge is 2.12. The van der Waals surface area contributed by atoms with E-state index in [0.29, 0.717) is 20.9 Å². The Balaban J connectivity index is 3.62. The van der Waals surface area contributed by atoms with E-state index in [0.717, 1.165) is 28.7 Å². The molecule has 1 rings (SSSR count). The van der Waals surface area contributed by atoms with Gasteiger partial charge in [-0.2, -0.15) is 0 Å². The van der Waals surface area contributed by atoms with Gasteiger partial charge < -0.3 is 11.5 Å². The van der Waals surface area contributed by atoms with E-state index in [2.05, 4.69) is 4.99 Å². The summed E-state index contributed by atoms with van der Waals surface area (Å²) in [5, 5.41) is 1.60. The van der Waals surface area contributed by atoms with Gasteiger partial charge in [0.25, 0.3) is 0 Å². The number of benzene rings is 1. The molecule has 4 N–H and O–H groups in total. The number of carbonyl (C=O) groups excluding carboxylic acids is 1. The molecule has 0 atom stereocenters. The van der Waals surface area contributed by atoms with Crippen LogP contribution < -0.4 is 11.5 Å². The van der Waals surface area contributed by atoms with Gasteiger partial charge in [0.1, 0.15) is 10.9 Å². The van der Waals surface area contributed by atoms with Gasteiger partial charge in [0, 0.05) is 11.6 Å². The molecule has 0 unspecified atom stereocenters. The summed E-state index contributed by atoms with van der Waals surface area (Å²) in [5.41, 5.74) is 14.8. The lowest BCUT2D eigenvalue weighted by Crippen LogP contribution is -2.08. The fourth-order valence-electron chi connectivity index (χ4n) is 2.01. The number of hydrogen-bond acceptors (Lipinski definition) is 4. The number of nitrogens with zero attached hydrogens (tertiary/aromatic N) is 1. The highest BCUT2D eigenvalue weighted by Crippen LogP contribution is 2.29. The van der Waals surface area contributed by atoms with E-state index in [1.165, 1.54) is 17.8 Å². The molecule has 0 bridgehead atoms. The molecule has 0 aliphatic heterocycles. The zero-order valence-corrected chi connectivity index (χ0v) is 17.6. The van der Waals surface area contributed by atoms with Gasteiger partial charge in [0.05, 0.1) is 10.0 Å². The molecule has 1 aromatic carbocycles. The maximum Gasteiger partial charge on any atom is 0.241 e. The van der Waals surface area contributed by atoms with Crippen molar-refractivity contribution in [3.8, 4) is 0 Å². The average Bonchev–Trinajstić information content (AvgIpc) is 2.61. The SMILES string of the molecule is CC/C(C)=C(N)/N=C(SC)\C(\C=C\C(N)=O)=C(/C)c1ccc(Cl)c(Cl)c1. The standard InChI is InChI=1S/C19H23Cl2N3OS/c1-5-11(2)18(23)24-19(26-4)14(7-9-17(22)25)12(3)13-6-8-15(20)16(21)10-13/h6-10H,5,23H2,1-4H3,(H2,22,25)/b9-7+,14-12+,18-11+,24-19+. The maximum atomic E-state index is 11.2. The van der Waals surface area contributed by atoms with Crippen LogP contribution >= 0.6 is 35.0 Å². The first-order valence-electron chi connectivity index (χ1n) is 7.93. The smallest absolute Gasteiger partial charge is 0.241 e. The maximum absolute atomic E-state index is 11.2. The third-order valence-corrected chi connectivity index (χ3v) is 5.22. The molecule has 0 fully saturated rings. The van der Waals surface area contributed by atoms with Crippen LogP contribution in [-0.2, 0) is 4.79 Å². The van der Waals surface area contributed by atoms with Crippen LogP contribution in [0.5, 0.6) is 0 Å². The van der Waals surface area contributed by atoms with Crippen LogP contribution in [0.1, 0.15) is 32.8 Å². The molecule has 140 valence electrons. The Morgan fingerprint density at radius 1 is 1.19 bits per heavy atom. The molecule has 0 aromatic heterocycles. The summed E-state index contributed by atoms with van der Waals surface area (Å²) >= 11 is 13.6. The summed E-state index contributed by atoms with van der Waals surface area (Å²) in [7, 11) is 0. The molecule has 0 saturated heterocycles. The average molecular weight is 412 g/mol. The van der Waals surface area contributed by atoms with E-state index in [1.54, 1.807) is 18.2 Å². The first-order chi connectivity index (χ1) is 12.2. The number of carbonyl (C=O) groups is 1. The number of amides is 1. The number of thioether (sulfide) groups is 1. The summed E-state index contributed by atoms with van der Waals surface area (Å²) in [5.74, 6) is -0.0816. The van der Waals surface area contributed by atoms with Crippen LogP contribution in [0.3, 0.4) is 0 Å². The van der Waals surface area contributed by atoms with E-state index in [1.807, 2.05) is 33.1 Å². The molecule has 0 radical (unpaired) electrons. The van der Waals surface area contributed by atoms with Crippen molar-refractivity contribution in [3.63, 3.8) is 0 Å². The normalized spacial score (nSPS) is 14.3. The Morgan fingerprint density at radius 2 is 1.85 bits per heavy atom. The predicted molar refractivity (Wildman–Crippen MR) is 116 cm³/mol. The van der Waals surface area contributed by atoms with Crippen molar-refractivity contribution in [2.24, 2.45) is 16.5 Å². The monoisotopic (exact) mass is 411 g/mol. The topological polar surface area (TPSA) is 81.5 Å². The van der Waals surface area contributed by atoms with E-state index in [4.69, 9.17) is 34.7 Å². The molecule has 26 heavy (non-hydrogen) atoms. The van der Waals surface area contributed by atoms with Gasteiger partial charge in [-0.15, -0.1) is 11.8 Å². The molecular weight excluding hydrogens is 389 g/mol. The van der Waals surface area contributed by atoms with Crippen molar-refractivity contribution < 1.29 is 4.79 Å². The summed E-state index contributed by atoms with van der Waals surface area (Å²) in [6.07, 6.45) is 5.64. The van der Waals surface area contributed by atoms with E-state index < -0.39 is 5.91 Å². The van der Waals surface area contributed by atoms with Crippen LogP contribution in [-0.4, -0.2) is 17.2 Å². The second-order valence-corrected chi connectivity index (χ2v) is 7.15. The minimum atomic E-state index is -0.543. The summed E-state index contributed by atoms with van der Waals surface area (Å²) in [6, 6.07) is 5.35. The minimum absolute atomic E-state index is 0.450. The van der Waals surface area contributed by atoms with Crippen molar-refractivity contribution in [1.82, 2.24) is 0 Å². The third kappa shape index (κ3) is 6.24. The molecule has 0 spiro atoms. The van der Waals surface area contributed by atoms with Gasteiger partial charge in [-0.1, -0.05) is 36.2 Å². The number of allylic oxidation sites excluding steroid dienone is 3. The first kappa shape index (κ1) is 22.4. The fourth-order valence-corrected chi connectivity index (χ4v) is 2.94. The van der Waals surface area contributed by atoms with E-state index in [9.17, 15) is 4.79 Å². The Bertz CT molecular complexity index is 811. The van der Waals surface area contributed by atoms with Crippen LogP contribution in [0.4, 0.5) is 0 Å². The van der Waals surface area contributed by atoms with Crippen molar-refractivity contribution in [2.45, 2.75) is 27.2 Å². The Morgan fingerprint density at radius 3 is 2.35 bits per heavy atom. The van der Waals surface area contributed by atoms with Crippen LogP contribution in [0.15, 0.2) is 52.3 Å². The summed E-state index contributed by atoms with van der Waals surface area (Å²) in [6.45, 7) is 5.87. The van der Waals surface area contributed by atoms with Crippen LogP contribution in [0, 0.1) is 0 Å². The zero-order valence-electron chi connectivity index (χ0n) is 15.3. The largest absolute Gasteiger partial charge is 0.384 e. The Kier molecular flexibility index (Phi) is 8.99. The lowest BCUT2D eigenvalue weighted by Gasteiger charge is -2.12. The lowest BCUT2D eigenvalue weighted by atomic mass is 10.0. The molecule has 0 heterocycles. The molecule has 0 aliphatic rings. The van der Waals surface area contributed by atoms with Gasteiger partial charge >= 0.3 is 0 Å². The number of hydrogen-bond donors (Lipinski definition) is 2. The van der Waals surface area contributed by atoms with Crippen molar-refractivity contribution in [3.05, 3.63) is 62.9 Å². The van der Waals surface area contributed by atoms with E-state index >= 15 is 0 Å². The van der Waals surface area contributed by atoms with Crippen LogP contribution in [0.25, 0.3) is 5.57 Å². The Labute approximate surface area is 169 Å². The van der Waals surface area contributed by atoms with Gasteiger partial charge in [0.15, 0.2) is 0 Å². The molecular formula is C19H23Cl2N3OS. The molecule has 1 amide bonds. The highest BCUT2D eigenvalue weighted by atomic mass is 35.5. The summed E-state index contributed by atoms with van der Waals surface area (Å²) < 4.78 is 0. The first-order valence-corrected chi connectivity index (χ1v) is 9.91. The second-order valence-electron chi connectivity index (χ2n) is 5.54. The second kappa shape index (κ2) is 10.5. The minimum Gasteiger partial charge on any atom is -0.384 e. The Hall–Kier alpha value is -1.69. The third-order valence-electron chi connectivity index (χ3n) is 3.78. The van der Waals surface area contributed by atoms with Crippen molar-refractivity contribution in [1.29, 1.82) is 0 Å². The molecule has 1 aromatic rings. The fraction of sp³-hybridized carbons (Fsp3) is 0.263. The number of nitrogens with two attached hydrogens (primary N) is 2. The molecule has 0 saturated carbocycles. The molecule has 0 aliphatic carbocycles. The van der Waals surface area contributed by atoms with Gasteiger partial charge in [0.2, 0.25) is 5.91 Å². The van der Waals surface area contributed by atoms with Gasteiger partial charge in [-0.25, -0.2) is 4.99 Å². The van der Waals surface area contributed by atoms with Crippen molar-refractivity contribution >= 4 is 51.5 Å². The van der Waals surface area contributed by atoms with Gasteiger partial charge in [-0.3, -0.25) is 4.79 Å². The molecule has 7 heteroatoms. The lowest BCUT2D eigenvalue weighted by molar-refractivity contribution is -0.113. The van der Waals surface area contributed by atoms with Crippen molar-refractivity contribution in [2.75, 3.05) is 6.26 Å². The molecule has 4 nitrogen and oxygen atoms in total. The number of rotatable bonds is 6. The number of primary amides is 1. The quantitative estimate of drug-likeness (QED) is 0.293. The van der Waals surface area contributed by atoms with Crippen LogP contribution in [0.2, 0.25) is 10.0 Å². The highest BCUT2D eigenvalue weighted by molar-refractivity contribution is 8.13. The number of aliphatic imine (C=N–C) groups is 1.